The summed E-state index contributed by atoms with van der Waals surface area (Å²) in [7, 11) is 2.01. The Balaban J connectivity index is 1.72. The number of hydrogen-bond acceptors (Lipinski definition) is 2. The Labute approximate surface area is 102 Å². The quantitative estimate of drug-likeness (QED) is 0.734. The Hall–Kier alpha value is -1.29. The van der Waals surface area contributed by atoms with Gasteiger partial charge in [0.1, 0.15) is 0 Å². The molecular weight excluding hydrogens is 214 g/mol. The Morgan fingerprint density at radius 2 is 2.06 bits per heavy atom. The highest BCUT2D eigenvalue weighted by molar-refractivity contribution is 5.78. The zero-order valence-corrected chi connectivity index (χ0v) is 10.3. The predicted molar refractivity (Wildman–Crippen MR) is 67.7 cm³/mol. The van der Waals surface area contributed by atoms with Gasteiger partial charge in [0.25, 0.3) is 0 Å². The smallest absolute Gasteiger partial charge is 0.226 e. The second-order valence-corrected chi connectivity index (χ2v) is 4.78. The monoisotopic (exact) mass is 235 g/mol. The molecule has 0 saturated heterocycles. The van der Waals surface area contributed by atoms with Crippen molar-refractivity contribution in [1.29, 1.82) is 0 Å². The maximum Gasteiger partial charge on any atom is 0.226 e. The van der Waals surface area contributed by atoms with Gasteiger partial charge in [0.2, 0.25) is 5.91 Å². The molecule has 94 valence electrons. The van der Waals surface area contributed by atoms with Gasteiger partial charge in [-0.1, -0.05) is 0 Å². The lowest BCUT2D eigenvalue weighted by Gasteiger charge is -2.28. The molecule has 2 rings (SSSR count). The van der Waals surface area contributed by atoms with Crippen LogP contribution in [-0.4, -0.2) is 30.0 Å². The number of amides is 1. The number of aromatic nitrogens is 1. The van der Waals surface area contributed by atoms with Crippen LogP contribution in [0, 0.1) is 0 Å². The number of carbonyl (C=O) groups is 1. The molecule has 1 aliphatic carbocycles. The van der Waals surface area contributed by atoms with Crippen molar-refractivity contribution in [3.63, 3.8) is 0 Å². The highest BCUT2D eigenvalue weighted by atomic mass is 16.1. The maximum absolute atomic E-state index is 11.8. The summed E-state index contributed by atoms with van der Waals surface area (Å²) in [5.41, 5.74) is 0.978. The summed E-state index contributed by atoms with van der Waals surface area (Å²) >= 11 is 0. The van der Waals surface area contributed by atoms with Gasteiger partial charge in [0, 0.05) is 24.0 Å². The molecule has 1 fully saturated rings. The average Bonchev–Trinajstić information content (AvgIpc) is 2.82. The van der Waals surface area contributed by atoms with E-state index in [4.69, 9.17) is 0 Å². The summed E-state index contributed by atoms with van der Waals surface area (Å²) in [6, 6.07) is 4.85. The van der Waals surface area contributed by atoms with Gasteiger partial charge in [-0.2, -0.15) is 0 Å². The molecule has 0 aromatic carbocycles. The van der Waals surface area contributed by atoms with Gasteiger partial charge in [-0.15, -0.1) is 0 Å². The third kappa shape index (κ3) is 3.60. The van der Waals surface area contributed by atoms with Crippen molar-refractivity contribution in [3.8, 4) is 0 Å². The standard InChI is InChI=1S/C13H21N3O/c1-14-10-4-6-11(7-5-10)16-13(17)9-12-3-2-8-15-12/h2-3,8,10-11,14-15H,4-7,9H2,1H3,(H,16,17). The van der Waals surface area contributed by atoms with E-state index in [0.717, 1.165) is 31.4 Å². The summed E-state index contributed by atoms with van der Waals surface area (Å²) in [6.07, 6.45) is 6.79. The molecule has 0 bridgehead atoms. The SMILES string of the molecule is CNC1CCC(NC(=O)Cc2ccc[nH]2)CC1. The fourth-order valence-electron chi connectivity index (χ4n) is 2.46. The third-order valence-corrected chi connectivity index (χ3v) is 3.51. The molecule has 0 atom stereocenters. The van der Waals surface area contributed by atoms with E-state index in [1.165, 1.54) is 0 Å². The van der Waals surface area contributed by atoms with Crippen LogP contribution in [0.4, 0.5) is 0 Å². The van der Waals surface area contributed by atoms with E-state index >= 15 is 0 Å². The van der Waals surface area contributed by atoms with Gasteiger partial charge >= 0.3 is 0 Å². The minimum atomic E-state index is 0.125. The van der Waals surface area contributed by atoms with Crippen molar-refractivity contribution >= 4 is 5.91 Å². The Bertz CT molecular complexity index is 340. The van der Waals surface area contributed by atoms with E-state index in [2.05, 4.69) is 15.6 Å². The Kier molecular flexibility index (Phi) is 4.20. The first-order chi connectivity index (χ1) is 8.28. The van der Waals surface area contributed by atoms with Crippen LogP contribution in [0.5, 0.6) is 0 Å². The molecule has 1 amide bonds. The molecule has 0 aliphatic heterocycles. The molecule has 3 N–H and O–H groups in total. The summed E-state index contributed by atoms with van der Waals surface area (Å²) in [5, 5.41) is 6.41. The number of nitrogens with one attached hydrogen (secondary N) is 3. The van der Waals surface area contributed by atoms with E-state index in [1.807, 2.05) is 25.4 Å². The molecular formula is C13H21N3O. The second-order valence-electron chi connectivity index (χ2n) is 4.78. The zero-order valence-electron chi connectivity index (χ0n) is 10.3. The Morgan fingerprint density at radius 3 is 2.65 bits per heavy atom. The first-order valence-corrected chi connectivity index (χ1v) is 6.37. The summed E-state index contributed by atoms with van der Waals surface area (Å²) in [6.45, 7) is 0. The fourth-order valence-corrected chi connectivity index (χ4v) is 2.46. The molecule has 1 aliphatic rings. The van der Waals surface area contributed by atoms with Crippen molar-refractivity contribution in [2.45, 2.75) is 44.2 Å². The summed E-state index contributed by atoms with van der Waals surface area (Å²) in [4.78, 5) is 14.8. The second kappa shape index (κ2) is 5.87. The van der Waals surface area contributed by atoms with Gasteiger partial charge in [-0.3, -0.25) is 4.79 Å². The summed E-state index contributed by atoms with van der Waals surface area (Å²) in [5.74, 6) is 0.125. The number of rotatable bonds is 4. The number of hydrogen-bond donors (Lipinski definition) is 3. The van der Waals surface area contributed by atoms with E-state index in [-0.39, 0.29) is 5.91 Å². The lowest BCUT2D eigenvalue weighted by atomic mass is 9.91. The molecule has 0 radical (unpaired) electrons. The van der Waals surface area contributed by atoms with Crippen molar-refractivity contribution in [1.82, 2.24) is 15.6 Å². The fraction of sp³-hybridized carbons (Fsp3) is 0.615. The molecule has 0 unspecified atom stereocenters. The molecule has 1 saturated carbocycles. The van der Waals surface area contributed by atoms with E-state index in [1.54, 1.807) is 0 Å². The van der Waals surface area contributed by atoms with Crippen LogP contribution in [0.25, 0.3) is 0 Å². The van der Waals surface area contributed by atoms with Crippen LogP contribution in [0.3, 0.4) is 0 Å². The normalized spacial score (nSPS) is 24.5. The molecule has 17 heavy (non-hydrogen) atoms. The maximum atomic E-state index is 11.8. The van der Waals surface area contributed by atoms with Crippen LogP contribution in [0.2, 0.25) is 0 Å². The summed E-state index contributed by atoms with van der Waals surface area (Å²) < 4.78 is 0. The highest BCUT2D eigenvalue weighted by Gasteiger charge is 2.21. The molecule has 1 aromatic heterocycles. The van der Waals surface area contributed by atoms with Gasteiger partial charge in [0.05, 0.1) is 6.42 Å². The van der Waals surface area contributed by atoms with Gasteiger partial charge in [0.15, 0.2) is 0 Å². The molecule has 4 heteroatoms. The van der Waals surface area contributed by atoms with Crippen molar-refractivity contribution in [2.75, 3.05) is 7.05 Å². The van der Waals surface area contributed by atoms with Crippen LogP contribution in [0.1, 0.15) is 31.4 Å². The molecule has 1 aromatic rings. The Morgan fingerprint density at radius 1 is 1.35 bits per heavy atom. The van der Waals surface area contributed by atoms with Crippen LogP contribution >= 0.6 is 0 Å². The highest BCUT2D eigenvalue weighted by Crippen LogP contribution is 2.18. The van der Waals surface area contributed by atoms with Crippen LogP contribution in [0.15, 0.2) is 18.3 Å². The molecule has 1 heterocycles. The van der Waals surface area contributed by atoms with Crippen molar-refractivity contribution in [2.24, 2.45) is 0 Å². The third-order valence-electron chi connectivity index (χ3n) is 3.51. The number of H-pyrrole nitrogens is 1. The van der Waals surface area contributed by atoms with Crippen molar-refractivity contribution in [3.05, 3.63) is 24.0 Å². The van der Waals surface area contributed by atoms with Gasteiger partial charge < -0.3 is 15.6 Å². The number of aromatic amines is 1. The van der Waals surface area contributed by atoms with Gasteiger partial charge in [-0.25, -0.2) is 0 Å². The lowest BCUT2D eigenvalue weighted by molar-refractivity contribution is -0.121. The van der Waals surface area contributed by atoms with Crippen LogP contribution < -0.4 is 10.6 Å². The van der Waals surface area contributed by atoms with E-state index in [9.17, 15) is 4.79 Å². The molecule has 4 nitrogen and oxygen atoms in total. The first-order valence-electron chi connectivity index (χ1n) is 6.37. The molecule has 0 spiro atoms. The first kappa shape index (κ1) is 12.2. The van der Waals surface area contributed by atoms with Gasteiger partial charge in [-0.05, 0) is 44.9 Å². The average molecular weight is 235 g/mol. The van der Waals surface area contributed by atoms with E-state index in [0.29, 0.717) is 18.5 Å². The topological polar surface area (TPSA) is 56.9 Å². The van der Waals surface area contributed by atoms with Crippen molar-refractivity contribution < 1.29 is 4.79 Å². The number of carbonyl (C=O) groups excluding carboxylic acids is 1. The zero-order chi connectivity index (χ0) is 12.1. The lowest BCUT2D eigenvalue weighted by Crippen LogP contribution is -2.41. The minimum absolute atomic E-state index is 0.125. The van der Waals surface area contributed by atoms with E-state index < -0.39 is 0 Å². The predicted octanol–water partition coefficient (Wildman–Crippen LogP) is 1.20. The minimum Gasteiger partial charge on any atom is -0.365 e. The van der Waals surface area contributed by atoms with Crippen LogP contribution in [-0.2, 0) is 11.2 Å². The largest absolute Gasteiger partial charge is 0.365 e.